The summed E-state index contributed by atoms with van der Waals surface area (Å²) in [5.41, 5.74) is 0.647. The van der Waals surface area contributed by atoms with Gasteiger partial charge in [-0.2, -0.15) is 0 Å². The van der Waals surface area contributed by atoms with Gasteiger partial charge >= 0.3 is 0 Å². The van der Waals surface area contributed by atoms with Gasteiger partial charge in [-0.25, -0.2) is 0 Å². The van der Waals surface area contributed by atoms with E-state index in [0.29, 0.717) is 29.1 Å². The predicted molar refractivity (Wildman–Crippen MR) is 138 cm³/mol. The monoisotopic (exact) mass is 474 g/mol. The molecule has 3 nitrogen and oxygen atoms in total. The van der Waals surface area contributed by atoms with Gasteiger partial charge in [0, 0.05) is 11.8 Å². The predicted octanol–water partition coefficient (Wildman–Crippen LogP) is 7.46. The molecule has 0 aromatic carbocycles. The van der Waals surface area contributed by atoms with E-state index >= 15 is 0 Å². The molecule has 1 heterocycles. The minimum Gasteiger partial charge on any atom is -0.393 e. The van der Waals surface area contributed by atoms with Crippen molar-refractivity contribution in [3.05, 3.63) is 0 Å². The van der Waals surface area contributed by atoms with Crippen LogP contribution in [-0.2, 0) is 9.47 Å². The van der Waals surface area contributed by atoms with Gasteiger partial charge in [0.1, 0.15) is 0 Å². The zero-order chi connectivity index (χ0) is 24.5. The van der Waals surface area contributed by atoms with E-state index in [1.54, 1.807) is 0 Å². The SMILES string of the molecule is CC(C)CCC[C@@H](C)[C@H]1CC[C@H]2[C@@H]3[C@@H](O)C[C@H]4C(C)(C)C5(CC[C@]4(C)[C@H]3CC[C@]12C)OCCO5. The molecule has 5 fully saturated rings. The Bertz CT molecular complexity index is 739. The van der Waals surface area contributed by atoms with Crippen molar-refractivity contribution in [3.8, 4) is 0 Å². The molecule has 34 heavy (non-hydrogen) atoms. The van der Waals surface area contributed by atoms with Crippen LogP contribution in [0, 0.1) is 57.7 Å². The molecule has 0 radical (unpaired) electrons. The average Bonchev–Trinajstić information content (AvgIpc) is 3.38. The van der Waals surface area contributed by atoms with Crippen LogP contribution in [0.15, 0.2) is 0 Å². The van der Waals surface area contributed by atoms with E-state index < -0.39 is 5.79 Å². The highest BCUT2D eigenvalue weighted by molar-refractivity contribution is 5.16. The fraction of sp³-hybridized carbons (Fsp3) is 1.00. The van der Waals surface area contributed by atoms with Crippen LogP contribution in [0.3, 0.4) is 0 Å². The van der Waals surface area contributed by atoms with E-state index in [1.165, 1.54) is 51.4 Å². The lowest BCUT2D eigenvalue weighted by Gasteiger charge is -2.67. The highest BCUT2D eigenvalue weighted by Gasteiger charge is 2.69. The lowest BCUT2D eigenvalue weighted by Crippen LogP contribution is -2.66. The summed E-state index contributed by atoms with van der Waals surface area (Å²) in [6.07, 6.45) is 12.5. The summed E-state index contributed by atoms with van der Waals surface area (Å²) in [6.45, 7) is 18.7. The van der Waals surface area contributed by atoms with Gasteiger partial charge < -0.3 is 14.6 Å². The fourth-order valence-corrected chi connectivity index (χ4v) is 10.9. The van der Waals surface area contributed by atoms with Gasteiger partial charge in [0.25, 0.3) is 0 Å². The Morgan fingerprint density at radius 1 is 0.824 bits per heavy atom. The summed E-state index contributed by atoms with van der Waals surface area (Å²) in [6, 6.07) is 0. The fourth-order valence-electron chi connectivity index (χ4n) is 10.9. The minimum atomic E-state index is -0.434. The van der Waals surface area contributed by atoms with Crippen molar-refractivity contribution in [2.24, 2.45) is 57.7 Å². The van der Waals surface area contributed by atoms with Gasteiger partial charge in [0.05, 0.1) is 19.3 Å². The first-order chi connectivity index (χ1) is 16.0. The van der Waals surface area contributed by atoms with E-state index in [4.69, 9.17) is 9.47 Å². The number of aliphatic hydroxyl groups is 1. The van der Waals surface area contributed by atoms with Crippen molar-refractivity contribution >= 4 is 0 Å². The van der Waals surface area contributed by atoms with Crippen molar-refractivity contribution < 1.29 is 14.6 Å². The molecule has 9 atom stereocenters. The second kappa shape index (κ2) is 8.73. The van der Waals surface area contributed by atoms with Crippen molar-refractivity contribution in [1.29, 1.82) is 0 Å². The van der Waals surface area contributed by atoms with E-state index in [-0.39, 0.29) is 16.9 Å². The third-order valence-electron chi connectivity index (χ3n) is 12.7. The molecule has 1 N–H and O–H groups in total. The average molecular weight is 475 g/mol. The second-order valence-corrected chi connectivity index (χ2v) is 14.9. The van der Waals surface area contributed by atoms with E-state index in [9.17, 15) is 5.11 Å². The summed E-state index contributed by atoms with van der Waals surface area (Å²) in [7, 11) is 0. The van der Waals surface area contributed by atoms with Crippen LogP contribution in [-0.4, -0.2) is 30.2 Å². The number of hydrogen-bond acceptors (Lipinski definition) is 3. The second-order valence-electron chi connectivity index (χ2n) is 14.9. The van der Waals surface area contributed by atoms with Gasteiger partial charge in [-0.15, -0.1) is 0 Å². The molecule has 4 saturated carbocycles. The molecule has 0 aromatic rings. The van der Waals surface area contributed by atoms with Gasteiger partial charge in [0.15, 0.2) is 5.79 Å². The normalized spacial score (nSPS) is 47.9. The van der Waals surface area contributed by atoms with Crippen LogP contribution in [0.25, 0.3) is 0 Å². The summed E-state index contributed by atoms with van der Waals surface area (Å²) < 4.78 is 12.7. The molecule has 196 valence electrons. The zero-order valence-electron chi connectivity index (χ0n) is 23.4. The number of rotatable bonds is 5. The summed E-state index contributed by atoms with van der Waals surface area (Å²) in [4.78, 5) is 0. The molecular formula is C31H54O3. The number of hydrogen-bond donors (Lipinski definition) is 1. The number of aliphatic hydroxyl groups excluding tert-OH is 1. The van der Waals surface area contributed by atoms with Crippen molar-refractivity contribution in [2.75, 3.05) is 13.2 Å². The summed E-state index contributed by atoms with van der Waals surface area (Å²) in [5, 5.41) is 11.8. The smallest absolute Gasteiger partial charge is 0.173 e. The van der Waals surface area contributed by atoms with Crippen LogP contribution >= 0.6 is 0 Å². The molecule has 0 unspecified atom stereocenters. The van der Waals surface area contributed by atoms with Crippen molar-refractivity contribution in [3.63, 3.8) is 0 Å². The molecule has 3 heteroatoms. The molecule has 5 rings (SSSR count). The molecule has 0 aromatic heterocycles. The number of ether oxygens (including phenoxy) is 2. The van der Waals surface area contributed by atoms with Gasteiger partial charge in [0.2, 0.25) is 0 Å². The third-order valence-corrected chi connectivity index (χ3v) is 12.7. The van der Waals surface area contributed by atoms with Crippen LogP contribution in [0.1, 0.15) is 113 Å². The molecule has 1 saturated heterocycles. The first kappa shape index (κ1) is 25.5. The Morgan fingerprint density at radius 2 is 1.50 bits per heavy atom. The van der Waals surface area contributed by atoms with Gasteiger partial charge in [-0.3, -0.25) is 0 Å². The lowest BCUT2D eigenvalue weighted by atomic mass is 9.40. The Kier molecular flexibility index (Phi) is 6.55. The summed E-state index contributed by atoms with van der Waals surface area (Å²) >= 11 is 0. The van der Waals surface area contributed by atoms with Crippen LogP contribution in [0.4, 0.5) is 0 Å². The van der Waals surface area contributed by atoms with Crippen molar-refractivity contribution in [2.45, 2.75) is 125 Å². The van der Waals surface area contributed by atoms with Gasteiger partial charge in [-0.05, 0) is 90.8 Å². The molecule has 5 aliphatic rings. The molecule has 1 aliphatic heterocycles. The Balaban J connectivity index is 1.37. The van der Waals surface area contributed by atoms with Crippen LogP contribution in [0.5, 0.6) is 0 Å². The van der Waals surface area contributed by atoms with E-state index in [2.05, 4.69) is 48.5 Å². The van der Waals surface area contributed by atoms with Crippen LogP contribution in [0.2, 0.25) is 0 Å². The Morgan fingerprint density at radius 3 is 2.18 bits per heavy atom. The first-order valence-corrected chi connectivity index (χ1v) is 14.9. The zero-order valence-corrected chi connectivity index (χ0v) is 23.4. The largest absolute Gasteiger partial charge is 0.393 e. The lowest BCUT2D eigenvalue weighted by molar-refractivity contribution is -0.310. The summed E-state index contributed by atoms with van der Waals surface area (Å²) in [5.74, 6) is 4.34. The molecule has 4 aliphatic carbocycles. The molecule has 0 bridgehead atoms. The van der Waals surface area contributed by atoms with E-state index in [0.717, 1.165) is 43.8 Å². The van der Waals surface area contributed by atoms with E-state index in [1.807, 2.05) is 0 Å². The highest BCUT2D eigenvalue weighted by atomic mass is 16.7. The highest BCUT2D eigenvalue weighted by Crippen LogP contribution is 2.72. The molecule has 0 amide bonds. The van der Waals surface area contributed by atoms with Gasteiger partial charge in [-0.1, -0.05) is 67.7 Å². The minimum absolute atomic E-state index is 0.0632. The molecular weight excluding hydrogens is 420 g/mol. The maximum Gasteiger partial charge on any atom is 0.173 e. The first-order valence-electron chi connectivity index (χ1n) is 14.9. The topological polar surface area (TPSA) is 38.7 Å². The Labute approximate surface area is 210 Å². The number of fused-ring (bicyclic) bond motifs is 5. The maximum atomic E-state index is 11.8. The third kappa shape index (κ3) is 3.60. The van der Waals surface area contributed by atoms with Crippen molar-refractivity contribution in [1.82, 2.24) is 0 Å². The maximum absolute atomic E-state index is 11.8. The molecule has 1 spiro atoms. The standard InChI is InChI=1S/C31H54O3/c1-20(2)9-8-10-21(3)22-11-12-23-27-24(13-14-29(22,23)6)30(7)15-16-31(33-17-18-34-31)28(4,5)26(30)19-25(27)32/h20-27,32H,8-19H2,1-7H3/t21-,22-,23+,24+,25+,26+,27+,29-,30-/m1/s1. The Hall–Kier alpha value is -0.120. The van der Waals surface area contributed by atoms with Crippen LogP contribution < -0.4 is 0 Å². The quantitative estimate of drug-likeness (QED) is 0.449.